The normalized spacial score (nSPS) is 11.3. The van der Waals surface area contributed by atoms with Gasteiger partial charge in [0.15, 0.2) is 0 Å². The number of halogens is 1. The smallest absolute Gasteiger partial charge is 0.0465 e. The fraction of sp³-hybridized carbons (Fsp3) is 0.143. The van der Waals surface area contributed by atoms with E-state index in [1.54, 1.807) is 0 Å². The monoisotopic (exact) mass is 273 g/mol. The van der Waals surface area contributed by atoms with Crippen LogP contribution in [-0.2, 0) is 6.42 Å². The van der Waals surface area contributed by atoms with Crippen LogP contribution < -0.4 is 0 Å². The molecule has 2 heteroatoms. The minimum absolute atomic E-state index is 1.01. The first-order chi connectivity index (χ1) is 7.88. The highest BCUT2D eigenvalue weighted by Crippen LogP contribution is 2.26. The number of para-hydroxylation sites is 1. The van der Waals surface area contributed by atoms with Crippen LogP contribution in [-0.4, -0.2) is 10.3 Å². The van der Waals surface area contributed by atoms with Crippen molar-refractivity contribution in [2.75, 3.05) is 5.33 Å². The zero-order chi connectivity index (χ0) is 11.0. The lowest BCUT2D eigenvalue weighted by Gasteiger charge is -1.98. The maximum atomic E-state index is 3.48. The average molecular weight is 274 g/mol. The second kappa shape index (κ2) is 3.95. The molecule has 0 unspecified atom stereocenters. The topological polar surface area (TPSA) is 15.8 Å². The average Bonchev–Trinajstić information content (AvgIpc) is 2.68. The van der Waals surface area contributed by atoms with Crippen LogP contribution in [0.3, 0.4) is 0 Å². The molecule has 0 saturated carbocycles. The Kier molecular flexibility index (Phi) is 2.44. The van der Waals surface area contributed by atoms with Gasteiger partial charge in [-0.3, -0.25) is 0 Å². The third-order valence-corrected chi connectivity index (χ3v) is 3.35. The number of fused-ring (bicyclic) bond motifs is 3. The molecule has 0 atom stereocenters. The van der Waals surface area contributed by atoms with Gasteiger partial charge in [-0.2, -0.15) is 0 Å². The maximum Gasteiger partial charge on any atom is 0.0465 e. The molecule has 0 radical (unpaired) electrons. The number of hydrogen-bond donors (Lipinski definition) is 1. The Labute approximate surface area is 103 Å². The van der Waals surface area contributed by atoms with Crippen LogP contribution in [0.25, 0.3) is 21.8 Å². The van der Waals surface area contributed by atoms with Crippen molar-refractivity contribution in [3.8, 4) is 0 Å². The summed E-state index contributed by atoms with van der Waals surface area (Å²) in [5.41, 5.74) is 3.82. The van der Waals surface area contributed by atoms with Crippen molar-refractivity contribution in [2.45, 2.75) is 6.42 Å². The molecule has 0 fully saturated rings. The van der Waals surface area contributed by atoms with E-state index < -0.39 is 0 Å². The molecule has 16 heavy (non-hydrogen) atoms. The van der Waals surface area contributed by atoms with Gasteiger partial charge in [0, 0.05) is 27.1 Å². The quantitative estimate of drug-likeness (QED) is 0.672. The Bertz CT molecular complexity index is 639. The molecular weight excluding hydrogens is 262 g/mol. The Morgan fingerprint density at radius 3 is 2.62 bits per heavy atom. The van der Waals surface area contributed by atoms with Gasteiger partial charge in [0.25, 0.3) is 0 Å². The number of aryl methyl sites for hydroxylation is 1. The van der Waals surface area contributed by atoms with E-state index in [1.807, 2.05) is 0 Å². The third kappa shape index (κ3) is 1.54. The highest BCUT2D eigenvalue weighted by molar-refractivity contribution is 9.09. The number of benzene rings is 2. The van der Waals surface area contributed by atoms with Crippen molar-refractivity contribution < 1.29 is 0 Å². The molecule has 0 aliphatic heterocycles. The van der Waals surface area contributed by atoms with Gasteiger partial charge in [-0.05, 0) is 30.2 Å². The molecular formula is C14H12BrN. The van der Waals surface area contributed by atoms with Crippen LogP contribution in [0.5, 0.6) is 0 Å². The molecule has 80 valence electrons. The molecule has 2 aromatic carbocycles. The summed E-state index contributed by atoms with van der Waals surface area (Å²) >= 11 is 3.48. The largest absolute Gasteiger partial charge is 0.355 e. The Morgan fingerprint density at radius 2 is 1.75 bits per heavy atom. The number of rotatable bonds is 2. The molecule has 1 nitrogen and oxygen atoms in total. The van der Waals surface area contributed by atoms with Gasteiger partial charge in [-0.25, -0.2) is 0 Å². The van der Waals surface area contributed by atoms with Gasteiger partial charge in [0.1, 0.15) is 0 Å². The summed E-state index contributed by atoms with van der Waals surface area (Å²) in [6.07, 6.45) is 1.08. The van der Waals surface area contributed by atoms with E-state index in [1.165, 1.54) is 27.4 Å². The molecule has 3 aromatic rings. The number of nitrogens with one attached hydrogen (secondary N) is 1. The molecule has 0 aliphatic carbocycles. The fourth-order valence-electron chi connectivity index (χ4n) is 2.16. The van der Waals surface area contributed by atoms with Gasteiger partial charge >= 0.3 is 0 Å². The van der Waals surface area contributed by atoms with Crippen molar-refractivity contribution in [3.05, 3.63) is 48.0 Å². The van der Waals surface area contributed by atoms with Crippen LogP contribution >= 0.6 is 15.9 Å². The van der Waals surface area contributed by atoms with Crippen LogP contribution in [0.2, 0.25) is 0 Å². The van der Waals surface area contributed by atoms with Gasteiger partial charge in [-0.15, -0.1) is 0 Å². The standard InChI is InChI=1S/C14H12BrN/c15-8-7-10-5-6-14-12(9-10)11-3-1-2-4-13(11)16-14/h1-6,9,16H,7-8H2. The minimum Gasteiger partial charge on any atom is -0.355 e. The van der Waals surface area contributed by atoms with Crippen molar-refractivity contribution in [1.29, 1.82) is 0 Å². The molecule has 0 saturated heterocycles. The predicted octanol–water partition coefficient (Wildman–Crippen LogP) is 4.26. The van der Waals surface area contributed by atoms with E-state index in [0.717, 1.165) is 11.8 Å². The van der Waals surface area contributed by atoms with Crippen LogP contribution in [0, 0.1) is 0 Å². The molecule has 0 amide bonds. The first-order valence-electron chi connectivity index (χ1n) is 5.44. The van der Waals surface area contributed by atoms with E-state index in [4.69, 9.17) is 0 Å². The number of alkyl halides is 1. The number of hydrogen-bond acceptors (Lipinski definition) is 0. The van der Waals surface area contributed by atoms with E-state index in [-0.39, 0.29) is 0 Å². The Morgan fingerprint density at radius 1 is 0.938 bits per heavy atom. The van der Waals surface area contributed by atoms with Gasteiger partial charge < -0.3 is 4.98 Å². The lowest BCUT2D eigenvalue weighted by molar-refractivity contribution is 1.18. The van der Waals surface area contributed by atoms with Crippen LogP contribution in [0.15, 0.2) is 42.5 Å². The molecule has 3 rings (SSSR count). The summed E-state index contributed by atoms with van der Waals surface area (Å²) in [5.74, 6) is 0. The summed E-state index contributed by atoms with van der Waals surface area (Å²) in [4.78, 5) is 3.44. The summed E-state index contributed by atoms with van der Waals surface area (Å²) in [5, 5.41) is 3.66. The van der Waals surface area contributed by atoms with Crippen molar-refractivity contribution in [2.24, 2.45) is 0 Å². The lowest BCUT2D eigenvalue weighted by atomic mass is 10.1. The maximum absolute atomic E-state index is 3.48. The SMILES string of the molecule is BrCCc1ccc2[nH]c3ccccc3c2c1. The van der Waals surface area contributed by atoms with Gasteiger partial charge in [0.2, 0.25) is 0 Å². The van der Waals surface area contributed by atoms with Crippen molar-refractivity contribution in [1.82, 2.24) is 4.98 Å². The molecule has 1 N–H and O–H groups in total. The van der Waals surface area contributed by atoms with E-state index in [9.17, 15) is 0 Å². The molecule has 0 bridgehead atoms. The Balaban J connectivity index is 2.31. The molecule has 0 aliphatic rings. The first-order valence-corrected chi connectivity index (χ1v) is 6.56. The summed E-state index contributed by atoms with van der Waals surface area (Å²) in [7, 11) is 0. The first kappa shape index (κ1) is 9.91. The summed E-state index contributed by atoms with van der Waals surface area (Å²) in [6.45, 7) is 0. The van der Waals surface area contributed by atoms with E-state index in [0.29, 0.717) is 0 Å². The Hall–Kier alpha value is -1.28. The van der Waals surface area contributed by atoms with Crippen molar-refractivity contribution in [3.63, 3.8) is 0 Å². The third-order valence-electron chi connectivity index (χ3n) is 2.95. The highest BCUT2D eigenvalue weighted by Gasteiger charge is 2.03. The minimum atomic E-state index is 1.01. The molecule has 1 heterocycles. The van der Waals surface area contributed by atoms with Crippen LogP contribution in [0.1, 0.15) is 5.56 Å². The number of aromatic amines is 1. The van der Waals surface area contributed by atoms with E-state index in [2.05, 4.69) is 63.4 Å². The molecule has 0 spiro atoms. The second-order valence-corrected chi connectivity index (χ2v) is 4.78. The summed E-state index contributed by atoms with van der Waals surface area (Å²) < 4.78 is 0. The second-order valence-electron chi connectivity index (χ2n) is 3.99. The van der Waals surface area contributed by atoms with Crippen molar-refractivity contribution >= 4 is 37.7 Å². The van der Waals surface area contributed by atoms with Gasteiger partial charge in [-0.1, -0.05) is 40.2 Å². The molecule has 1 aromatic heterocycles. The fourth-order valence-corrected chi connectivity index (χ4v) is 2.62. The highest BCUT2D eigenvalue weighted by atomic mass is 79.9. The summed E-state index contributed by atoms with van der Waals surface area (Å²) in [6, 6.07) is 15.1. The predicted molar refractivity (Wildman–Crippen MR) is 73.3 cm³/mol. The van der Waals surface area contributed by atoms with Gasteiger partial charge in [0.05, 0.1) is 0 Å². The zero-order valence-corrected chi connectivity index (χ0v) is 10.4. The number of H-pyrrole nitrogens is 1. The van der Waals surface area contributed by atoms with E-state index >= 15 is 0 Å². The number of aromatic nitrogens is 1. The van der Waals surface area contributed by atoms with Crippen LogP contribution in [0.4, 0.5) is 0 Å². The zero-order valence-electron chi connectivity index (χ0n) is 8.83. The lowest BCUT2D eigenvalue weighted by Crippen LogP contribution is -1.84.